The number of halogens is 3. The van der Waals surface area contributed by atoms with E-state index in [-0.39, 0.29) is 0 Å². The molecule has 0 saturated heterocycles. The van der Waals surface area contributed by atoms with Crippen molar-refractivity contribution in [3.63, 3.8) is 0 Å². The molecular formula is C8H9Br3OTe. The molecule has 0 N–H and O–H groups in total. The van der Waals surface area contributed by atoms with E-state index in [2.05, 4.69) is 50.4 Å². The third-order valence-corrected chi connectivity index (χ3v) is 11.2. The van der Waals surface area contributed by atoms with Crippen molar-refractivity contribution in [1.82, 2.24) is 0 Å². The molecule has 0 spiro atoms. The van der Waals surface area contributed by atoms with E-state index in [9.17, 15) is 0 Å². The van der Waals surface area contributed by atoms with Crippen LogP contribution in [0, 0.1) is 0 Å². The van der Waals surface area contributed by atoms with Crippen LogP contribution in [-0.2, 0) is 0 Å². The summed E-state index contributed by atoms with van der Waals surface area (Å²) in [7, 11) is 0. The van der Waals surface area contributed by atoms with Crippen LogP contribution in [0.5, 0.6) is 5.75 Å². The molecule has 0 atom stereocenters. The Morgan fingerprint density at radius 1 is 1.15 bits per heavy atom. The first-order chi connectivity index (χ1) is 6.04. The second-order valence-electron chi connectivity index (χ2n) is 2.31. The van der Waals surface area contributed by atoms with Gasteiger partial charge in [-0.3, -0.25) is 0 Å². The summed E-state index contributed by atoms with van der Waals surface area (Å²) >= 11 is 8.70. The maximum atomic E-state index is 5.35. The van der Waals surface area contributed by atoms with Gasteiger partial charge >= 0.3 is 102 Å². The van der Waals surface area contributed by atoms with Gasteiger partial charge in [0.15, 0.2) is 0 Å². The fourth-order valence-electron chi connectivity index (χ4n) is 0.857. The first-order valence-electron chi connectivity index (χ1n) is 3.69. The Kier molecular flexibility index (Phi) is 5.08. The normalized spacial score (nSPS) is 12.6. The fraction of sp³-hybridized carbons (Fsp3) is 0.250. The predicted octanol–water partition coefficient (Wildman–Crippen LogP) is 3.42. The molecule has 0 heterocycles. The maximum absolute atomic E-state index is 5.35. The van der Waals surface area contributed by atoms with Gasteiger partial charge < -0.3 is 0 Å². The SMILES string of the molecule is CCOc1ccc([Te](Br)(Br)Br)cc1. The molecule has 1 aromatic rings. The average molecular weight is 488 g/mol. The van der Waals surface area contributed by atoms with Crippen LogP contribution in [0.15, 0.2) is 24.3 Å². The van der Waals surface area contributed by atoms with Gasteiger partial charge in [-0.25, -0.2) is 0 Å². The van der Waals surface area contributed by atoms with Gasteiger partial charge in [-0.2, -0.15) is 0 Å². The van der Waals surface area contributed by atoms with Crippen molar-refractivity contribution in [3.8, 4) is 5.75 Å². The Hall–Kier alpha value is 1.25. The molecule has 0 bridgehead atoms. The molecule has 1 rings (SSSR count). The molecule has 1 nitrogen and oxygen atoms in total. The van der Waals surface area contributed by atoms with Crippen molar-refractivity contribution in [1.29, 1.82) is 0 Å². The van der Waals surface area contributed by atoms with Crippen molar-refractivity contribution in [2.24, 2.45) is 0 Å². The van der Waals surface area contributed by atoms with Crippen molar-refractivity contribution >= 4 is 53.4 Å². The summed E-state index contributed by atoms with van der Waals surface area (Å²) in [6.07, 6.45) is 0. The van der Waals surface area contributed by atoms with E-state index in [1.807, 2.05) is 19.1 Å². The zero-order chi connectivity index (χ0) is 9.90. The van der Waals surface area contributed by atoms with E-state index in [0.717, 1.165) is 5.75 Å². The minimum absolute atomic E-state index is 0.711. The molecule has 0 aliphatic heterocycles. The molecule has 5 heteroatoms. The van der Waals surface area contributed by atoms with E-state index in [1.54, 1.807) is 0 Å². The molecule has 0 aliphatic carbocycles. The topological polar surface area (TPSA) is 9.23 Å². The number of ether oxygens (including phenoxy) is 1. The quantitative estimate of drug-likeness (QED) is 0.593. The van der Waals surface area contributed by atoms with Gasteiger partial charge in [0.2, 0.25) is 0 Å². The van der Waals surface area contributed by atoms with E-state index >= 15 is 0 Å². The van der Waals surface area contributed by atoms with E-state index in [1.165, 1.54) is 3.61 Å². The van der Waals surface area contributed by atoms with Crippen molar-refractivity contribution in [3.05, 3.63) is 24.3 Å². The standard InChI is InChI=1S/C8H9Br3OTe/c1-2-12-7-3-5-8(6-4-7)13(9,10)11/h3-6H,2H2,1H3. The average Bonchev–Trinajstić information content (AvgIpc) is 2.04. The molecular weight excluding hydrogens is 479 g/mol. The zero-order valence-electron chi connectivity index (χ0n) is 6.97. The Bertz CT molecular complexity index is 268. The van der Waals surface area contributed by atoms with Gasteiger partial charge in [-0.15, -0.1) is 0 Å². The summed E-state index contributed by atoms with van der Waals surface area (Å²) in [6.45, 7) is 2.69. The van der Waals surface area contributed by atoms with Crippen molar-refractivity contribution in [2.75, 3.05) is 6.61 Å². The van der Waals surface area contributed by atoms with Gasteiger partial charge in [0.05, 0.1) is 0 Å². The fourth-order valence-corrected chi connectivity index (χ4v) is 6.47. The van der Waals surface area contributed by atoms with Crippen molar-refractivity contribution in [2.45, 2.75) is 6.92 Å². The molecule has 0 unspecified atom stereocenters. The summed E-state index contributed by atoms with van der Waals surface area (Å²) in [5, 5.41) is 0. The summed E-state index contributed by atoms with van der Waals surface area (Å²) in [5.41, 5.74) is 0. The van der Waals surface area contributed by atoms with Crippen molar-refractivity contribution < 1.29 is 4.74 Å². The van der Waals surface area contributed by atoms with E-state index < -0.39 is 11.6 Å². The second kappa shape index (κ2) is 5.37. The van der Waals surface area contributed by atoms with Gasteiger partial charge in [0.1, 0.15) is 0 Å². The van der Waals surface area contributed by atoms with Gasteiger partial charge in [-0.1, -0.05) is 0 Å². The molecule has 0 aromatic heterocycles. The third kappa shape index (κ3) is 4.09. The van der Waals surface area contributed by atoms with Crippen LogP contribution < -0.4 is 8.35 Å². The van der Waals surface area contributed by atoms with Gasteiger partial charge in [-0.05, 0) is 0 Å². The molecule has 74 valence electrons. The number of rotatable bonds is 3. The van der Waals surface area contributed by atoms with Crippen LogP contribution >= 0.6 is 38.3 Å². The summed E-state index contributed by atoms with van der Waals surface area (Å²) in [6, 6.07) is 8.13. The minimum atomic E-state index is -2.20. The van der Waals surface area contributed by atoms with Crippen LogP contribution in [0.4, 0.5) is 0 Å². The molecule has 0 radical (unpaired) electrons. The van der Waals surface area contributed by atoms with Crippen LogP contribution in [0.2, 0.25) is 0 Å². The van der Waals surface area contributed by atoms with Gasteiger partial charge in [0.25, 0.3) is 0 Å². The molecule has 0 saturated carbocycles. The second-order valence-corrected chi connectivity index (χ2v) is 43.0. The summed E-state index contributed by atoms with van der Waals surface area (Å²) in [5.74, 6) is 0.922. The monoisotopic (exact) mass is 488 g/mol. The molecule has 1 aromatic carbocycles. The molecule has 0 fully saturated rings. The first-order valence-corrected chi connectivity index (χ1v) is 20.5. The number of hydrogen-bond acceptors (Lipinski definition) is 1. The number of benzene rings is 1. The van der Waals surface area contributed by atoms with E-state index in [0.29, 0.717) is 6.61 Å². The Morgan fingerprint density at radius 2 is 1.69 bits per heavy atom. The van der Waals surface area contributed by atoms with Crippen LogP contribution in [0.1, 0.15) is 6.92 Å². The van der Waals surface area contributed by atoms with Crippen LogP contribution in [-0.4, -0.2) is 18.2 Å². The van der Waals surface area contributed by atoms with Crippen LogP contribution in [0.25, 0.3) is 0 Å². The number of hydrogen-bond donors (Lipinski definition) is 0. The first kappa shape index (κ1) is 12.3. The Balaban J connectivity index is 2.81. The van der Waals surface area contributed by atoms with Gasteiger partial charge in [0, 0.05) is 0 Å². The molecule has 0 aliphatic rings. The third-order valence-electron chi connectivity index (χ3n) is 1.40. The summed E-state index contributed by atoms with van der Waals surface area (Å²) < 4.78 is 6.63. The zero-order valence-corrected chi connectivity index (χ0v) is 14.1. The van der Waals surface area contributed by atoms with E-state index in [4.69, 9.17) is 4.74 Å². The predicted molar refractivity (Wildman–Crippen MR) is 69.8 cm³/mol. The Labute approximate surface area is 100 Å². The van der Waals surface area contributed by atoms with Crippen LogP contribution in [0.3, 0.4) is 0 Å². The molecule has 13 heavy (non-hydrogen) atoms. The Morgan fingerprint density at radius 3 is 2.08 bits per heavy atom. The summed E-state index contributed by atoms with van der Waals surface area (Å²) in [4.78, 5) is 0. The molecule has 0 amide bonds.